The minimum absolute atomic E-state index is 0.00610. The predicted octanol–water partition coefficient (Wildman–Crippen LogP) is 3.25. The molecule has 3 aromatic carbocycles. The van der Waals surface area contributed by atoms with Gasteiger partial charge in [-0.25, -0.2) is 8.42 Å². The third-order valence-corrected chi connectivity index (χ3v) is 7.56. The Labute approximate surface area is 222 Å². The molecule has 0 aliphatic carbocycles. The maximum Gasteiger partial charge on any atom is 0.308 e. The lowest BCUT2D eigenvalue weighted by atomic mass is 10.2. The van der Waals surface area contributed by atoms with Gasteiger partial charge in [-0.2, -0.15) is 4.72 Å². The van der Waals surface area contributed by atoms with Gasteiger partial charge >= 0.3 is 5.97 Å². The second-order valence-electron chi connectivity index (χ2n) is 8.97. The van der Waals surface area contributed by atoms with Gasteiger partial charge < -0.3 is 19.7 Å². The Morgan fingerprint density at radius 3 is 2.26 bits per heavy atom. The molecule has 1 atom stereocenters. The highest BCUT2D eigenvalue weighted by molar-refractivity contribution is 7.89. The van der Waals surface area contributed by atoms with Crippen molar-refractivity contribution in [1.82, 2.24) is 4.72 Å². The SMILES string of the molecule is Cc1ccc(S(=O)(=O)NC(CC(=O)OCc2ccccc2)C(=O)Nc2ccc(N3CCOCC3)cc2)cc1. The number of esters is 1. The first kappa shape index (κ1) is 27.3. The van der Waals surface area contributed by atoms with E-state index in [0.717, 1.165) is 29.9 Å². The van der Waals surface area contributed by atoms with Crippen LogP contribution >= 0.6 is 0 Å². The molecule has 1 aliphatic heterocycles. The van der Waals surface area contributed by atoms with Crippen molar-refractivity contribution >= 4 is 33.3 Å². The van der Waals surface area contributed by atoms with Crippen molar-refractivity contribution in [3.8, 4) is 0 Å². The average molecular weight is 538 g/mol. The van der Waals surface area contributed by atoms with E-state index in [1.807, 2.05) is 37.3 Å². The summed E-state index contributed by atoms with van der Waals surface area (Å²) >= 11 is 0. The smallest absolute Gasteiger partial charge is 0.308 e. The van der Waals surface area contributed by atoms with E-state index in [4.69, 9.17) is 9.47 Å². The average Bonchev–Trinajstić information content (AvgIpc) is 2.93. The molecule has 0 spiro atoms. The summed E-state index contributed by atoms with van der Waals surface area (Å²) in [6.45, 7) is 4.72. The van der Waals surface area contributed by atoms with Gasteiger partial charge in [0, 0.05) is 24.5 Å². The highest BCUT2D eigenvalue weighted by Gasteiger charge is 2.29. The Balaban J connectivity index is 1.46. The summed E-state index contributed by atoms with van der Waals surface area (Å²) in [5.41, 5.74) is 3.14. The second-order valence-corrected chi connectivity index (χ2v) is 10.7. The van der Waals surface area contributed by atoms with Crippen LogP contribution in [0.4, 0.5) is 11.4 Å². The van der Waals surface area contributed by atoms with E-state index >= 15 is 0 Å². The van der Waals surface area contributed by atoms with Gasteiger partial charge in [-0.15, -0.1) is 0 Å². The van der Waals surface area contributed by atoms with Crippen LogP contribution in [0.3, 0.4) is 0 Å². The molecule has 1 aliphatic rings. The van der Waals surface area contributed by atoms with Crippen molar-refractivity contribution in [1.29, 1.82) is 0 Å². The molecular formula is C28H31N3O6S. The Bertz CT molecular complexity index is 1320. The van der Waals surface area contributed by atoms with Crippen LogP contribution in [-0.4, -0.2) is 52.6 Å². The van der Waals surface area contributed by atoms with Crippen molar-refractivity contribution in [2.75, 3.05) is 36.5 Å². The number of aryl methyl sites for hydroxylation is 1. The number of rotatable bonds is 10. The normalized spacial score (nSPS) is 14.5. The van der Waals surface area contributed by atoms with Gasteiger partial charge in [0.1, 0.15) is 12.6 Å². The van der Waals surface area contributed by atoms with Crippen LogP contribution in [-0.2, 0) is 35.7 Å². The minimum Gasteiger partial charge on any atom is -0.461 e. The number of carbonyl (C=O) groups is 2. The van der Waals surface area contributed by atoms with Crippen molar-refractivity contribution in [3.05, 3.63) is 90.0 Å². The molecule has 1 unspecified atom stereocenters. The monoisotopic (exact) mass is 537 g/mol. The number of ether oxygens (including phenoxy) is 2. The summed E-state index contributed by atoms with van der Waals surface area (Å²) in [7, 11) is -4.08. The van der Waals surface area contributed by atoms with Crippen LogP contribution in [0.25, 0.3) is 0 Å². The molecule has 3 aromatic rings. The van der Waals surface area contributed by atoms with Crippen LogP contribution in [0.5, 0.6) is 0 Å². The Morgan fingerprint density at radius 1 is 0.947 bits per heavy atom. The Hall–Kier alpha value is -3.73. The second kappa shape index (κ2) is 12.7. The lowest BCUT2D eigenvalue weighted by molar-refractivity contribution is -0.146. The molecule has 9 nitrogen and oxygen atoms in total. The van der Waals surface area contributed by atoms with Crippen molar-refractivity contribution < 1.29 is 27.5 Å². The molecule has 200 valence electrons. The Morgan fingerprint density at radius 2 is 1.61 bits per heavy atom. The lowest BCUT2D eigenvalue weighted by Crippen LogP contribution is -2.45. The van der Waals surface area contributed by atoms with Crippen molar-refractivity contribution in [3.63, 3.8) is 0 Å². The molecule has 4 rings (SSSR count). The van der Waals surface area contributed by atoms with E-state index in [9.17, 15) is 18.0 Å². The number of nitrogens with zero attached hydrogens (tertiary/aromatic N) is 1. The third kappa shape index (κ3) is 7.64. The number of carbonyl (C=O) groups excluding carboxylic acids is 2. The molecular weight excluding hydrogens is 506 g/mol. The number of sulfonamides is 1. The van der Waals surface area contributed by atoms with Crippen LogP contribution in [0.2, 0.25) is 0 Å². The topological polar surface area (TPSA) is 114 Å². The third-order valence-electron chi connectivity index (χ3n) is 6.07. The largest absolute Gasteiger partial charge is 0.461 e. The van der Waals surface area contributed by atoms with E-state index in [2.05, 4.69) is 14.9 Å². The number of amides is 1. The molecule has 2 N–H and O–H groups in total. The number of hydrogen-bond acceptors (Lipinski definition) is 7. The van der Waals surface area contributed by atoms with Crippen LogP contribution in [0.15, 0.2) is 83.8 Å². The number of benzene rings is 3. The zero-order valence-electron chi connectivity index (χ0n) is 21.1. The maximum absolute atomic E-state index is 13.2. The van der Waals surface area contributed by atoms with Gasteiger partial charge in [0.25, 0.3) is 0 Å². The molecule has 0 radical (unpaired) electrons. The fourth-order valence-corrected chi connectivity index (χ4v) is 5.13. The van der Waals surface area contributed by atoms with Crippen molar-refractivity contribution in [2.45, 2.75) is 30.9 Å². The summed E-state index contributed by atoms with van der Waals surface area (Å²) in [6, 6.07) is 21.2. The fraction of sp³-hybridized carbons (Fsp3) is 0.286. The summed E-state index contributed by atoms with van der Waals surface area (Å²) < 4.78 is 39.1. The summed E-state index contributed by atoms with van der Waals surface area (Å²) in [4.78, 5) is 28.0. The standard InChI is InChI=1S/C28H31N3O6S/c1-21-7-13-25(14-8-21)38(34,35)30-26(19-27(32)37-20-22-5-3-2-4-6-22)28(33)29-23-9-11-24(12-10-23)31-15-17-36-18-16-31/h2-14,26,30H,15-20H2,1H3,(H,29,33). The molecule has 1 heterocycles. The predicted molar refractivity (Wildman–Crippen MR) is 144 cm³/mol. The van der Waals surface area contributed by atoms with E-state index in [0.29, 0.717) is 18.9 Å². The lowest BCUT2D eigenvalue weighted by Gasteiger charge is -2.29. The number of hydrogen-bond donors (Lipinski definition) is 2. The van der Waals surface area contributed by atoms with E-state index in [1.165, 1.54) is 12.1 Å². The first-order valence-corrected chi connectivity index (χ1v) is 13.8. The van der Waals surface area contributed by atoms with Crippen LogP contribution in [0.1, 0.15) is 17.5 Å². The fourth-order valence-electron chi connectivity index (χ4n) is 3.93. The summed E-state index contributed by atoms with van der Waals surface area (Å²) in [6.07, 6.45) is -0.477. The summed E-state index contributed by atoms with van der Waals surface area (Å²) in [5, 5.41) is 2.72. The van der Waals surface area contributed by atoms with Gasteiger partial charge in [0.2, 0.25) is 15.9 Å². The van der Waals surface area contributed by atoms with E-state index in [-0.39, 0.29) is 11.5 Å². The first-order chi connectivity index (χ1) is 18.3. The quantitative estimate of drug-likeness (QED) is 0.382. The first-order valence-electron chi connectivity index (χ1n) is 12.3. The minimum atomic E-state index is -4.08. The zero-order chi connectivity index (χ0) is 27.0. The van der Waals surface area contributed by atoms with Gasteiger partial charge in [0.15, 0.2) is 0 Å². The van der Waals surface area contributed by atoms with Gasteiger partial charge in [-0.1, -0.05) is 48.0 Å². The van der Waals surface area contributed by atoms with Gasteiger partial charge in [-0.3, -0.25) is 9.59 Å². The van der Waals surface area contributed by atoms with Crippen molar-refractivity contribution in [2.24, 2.45) is 0 Å². The Kier molecular flexibility index (Phi) is 9.11. The molecule has 1 fully saturated rings. The molecule has 38 heavy (non-hydrogen) atoms. The maximum atomic E-state index is 13.2. The van der Waals surface area contributed by atoms with Crippen LogP contribution < -0.4 is 14.9 Å². The molecule has 10 heteroatoms. The molecule has 1 saturated heterocycles. The number of anilines is 2. The van der Waals surface area contributed by atoms with Gasteiger partial charge in [-0.05, 0) is 48.9 Å². The van der Waals surface area contributed by atoms with Gasteiger partial charge in [0.05, 0.1) is 24.5 Å². The molecule has 0 bridgehead atoms. The number of morpholine rings is 1. The van der Waals surface area contributed by atoms with Crippen LogP contribution in [0, 0.1) is 6.92 Å². The molecule has 0 aromatic heterocycles. The highest BCUT2D eigenvalue weighted by Crippen LogP contribution is 2.20. The van der Waals surface area contributed by atoms with E-state index in [1.54, 1.807) is 36.4 Å². The van der Waals surface area contributed by atoms with E-state index < -0.39 is 34.4 Å². The highest BCUT2D eigenvalue weighted by atomic mass is 32.2. The molecule has 1 amide bonds. The molecule has 0 saturated carbocycles. The number of nitrogens with one attached hydrogen (secondary N) is 2. The zero-order valence-corrected chi connectivity index (χ0v) is 21.9. The summed E-state index contributed by atoms with van der Waals surface area (Å²) in [5.74, 6) is -1.38.